The molecule has 0 spiro atoms. The van der Waals surface area contributed by atoms with E-state index in [1.165, 1.54) is 6.07 Å². The Kier molecular flexibility index (Phi) is 4.31. The van der Waals surface area contributed by atoms with Crippen LogP contribution in [0.2, 0.25) is 0 Å². The molecule has 1 aromatic rings. The lowest BCUT2D eigenvalue weighted by molar-refractivity contribution is -0.148. The summed E-state index contributed by atoms with van der Waals surface area (Å²) in [5.74, 6) is -0.0997. The molecule has 3 nitrogen and oxygen atoms in total. The number of nitrogens with one attached hydrogen (secondary N) is 1. The van der Waals surface area contributed by atoms with E-state index in [9.17, 15) is 9.18 Å². The van der Waals surface area contributed by atoms with Crippen LogP contribution in [0.25, 0.3) is 0 Å². The number of rotatable bonds is 3. The number of carbonyl (C=O) groups excluding carboxylic acids is 1. The summed E-state index contributed by atoms with van der Waals surface area (Å²) in [4.78, 5) is 11.8. The summed E-state index contributed by atoms with van der Waals surface area (Å²) in [7, 11) is 0. The van der Waals surface area contributed by atoms with Crippen LogP contribution in [0.5, 0.6) is 0 Å². The Hall–Kier alpha value is -1.42. The SMILES string of the molecule is CC1CCNC(C(=O)OCc2ccccc2F)C1. The minimum Gasteiger partial charge on any atom is -0.460 e. The lowest BCUT2D eigenvalue weighted by Gasteiger charge is -2.26. The highest BCUT2D eigenvalue weighted by Gasteiger charge is 2.25. The van der Waals surface area contributed by atoms with Gasteiger partial charge in [0, 0.05) is 5.56 Å². The van der Waals surface area contributed by atoms with E-state index in [4.69, 9.17) is 4.74 Å². The minimum absolute atomic E-state index is 0.00192. The van der Waals surface area contributed by atoms with Gasteiger partial charge in [-0.05, 0) is 31.4 Å². The van der Waals surface area contributed by atoms with Gasteiger partial charge in [0.25, 0.3) is 0 Å². The van der Waals surface area contributed by atoms with Gasteiger partial charge >= 0.3 is 5.97 Å². The second-order valence-electron chi connectivity index (χ2n) is 4.84. The van der Waals surface area contributed by atoms with E-state index < -0.39 is 0 Å². The lowest BCUT2D eigenvalue weighted by Crippen LogP contribution is -2.43. The van der Waals surface area contributed by atoms with Gasteiger partial charge in [0.1, 0.15) is 18.5 Å². The van der Waals surface area contributed by atoms with Crippen molar-refractivity contribution in [3.8, 4) is 0 Å². The van der Waals surface area contributed by atoms with Crippen LogP contribution in [-0.2, 0) is 16.1 Å². The Bertz CT molecular complexity index is 422. The topological polar surface area (TPSA) is 38.3 Å². The first-order valence-electron chi connectivity index (χ1n) is 6.30. The number of hydrogen-bond donors (Lipinski definition) is 1. The van der Waals surface area contributed by atoms with Crippen molar-refractivity contribution in [2.75, 3.05) is 6.54 Å². The number of benzene rings is 1. The molecule has 0 amide bonds. The molecule has 2 unspecified atom stereocenters. The van der Waals surface area contributed by atoms with Crippen LogP contribution in [0.15, 0.2) is 24.3 Å². The van der Waals surface area contributed by atoms with Gasteiger partial charge in [-0.1, -0.05) is 25.1 Å². The molecule has 0 bridgehead atoms. The van der Waals surface area contributed by atoms with E-state index in [0.717, 1.165) is 19.4 Å². The molecule has 2 atom stereocenters. The van der Waals surface area contributed by atoms with Gasteiger partial charge in [-0.15, -0.1) is 0 Å². The highest BCUT2D eigenvalue weighted by atomic mass is 19.1. The smallest absolute Gasteiger partial charge is 0.323 e. The molecule has 4 heteroatoms. The molecule has 0 radical (unpaired) electrons. The fraction of sp³-hybridized carbons (Fsp3) is 0.500. The van der Waals surface area contributed by atoms with Crippen LogP contribution >= 0.6 is 0 Å². The summed E-state index contributed by atoms with van der Waals surface area (Å²) in [6, 6.07) is 6.09. The molecule has 1 aliphatic rings. The standard InChI is InChI=1S/C14H18FNO2/c1-10-6-7-16-13(8-10)14(17)18-9-11-4-2-3-5-12(11)15/h2-5,10,13,16H,6-9H2,1H3. The van der Waals surface area contributed by atoms with E-state index in [0.29, 0.717) is 11.5 Å². The molecule has 1 N–H and O–H groups in total. The number of ether oxygens (including phenoxy) is 1. The largest absolute Gasteiger partial charge is 0.460 e. The Morgan fingerprint density at radius 1 is 1.50 bits per heavy atom. The van der Waals surface area contributed by atoms with Gasteiger partial charge in [-0.2, -0.15) is 0 Å². The average molecular weight is 251 g/mol. The van der Waals surface area contributed by atoms with Gasteiger partial charge in [0.05, 0.1) is 0 Å². The van der Waals surface area contributed by atoms with Crippen LogP contribution in [0.1, 0.15) is 25.3 Å². The molecule has 0 aromatic heterocycles. The van der Waals surface area contributed by atoms with Crippen LogP contribution in [0, 0.1) is 11.7 Å². The first-order valence-corrected chi connectivity index (χ1v) is 6.30. The number of piperidine rings is 1. The Balaban J connectivity index is 1.86. The fourth-order valence-electron chi connectivity index (χ4n) is 2.15. The highest BCUT2D eigenvalue weighted by Crippen LogP contribution is 2.16. The van der Waals surface area contributed by atoms with Gasteiger partial charge in [-0.25, -0.2) is 4.39 Å². The fourth-order valence-corrected chi connectivity index (χ4v) is 2.15. The summed E-state index contributed by atoms with van der Waals surface area (Å²) < 4.78 is 18.5. The van der Waals surface area contributed by atoms with Gasteiger partial charge in [0.15, 0.2) is 0 Å². The second kappa shape index (κ2) is 5.96. The molecule has 2 rings (SSSR count). The predicted octanol–water partition coefficient (Wildman–Crippen LogP) is 2.26. The van der Waals surface area contributed by atoms with E-state index in [1.54, 1.807) is 18.2 Å². The quantitative estimate of drug-likeness (QED) is 0.837. The van der Waals surface area contributed by atoms with Crippen molar-refractivity contribution in [3.05, 3.63) is 35.6 Å². The van der Waals surface area contributed by atoms with E-state index in [2.05, 4.69) is 12.2 Å². The molecule has 1 heterocycles. The summed E-state index contributed by atoms with van der Waals surface area (Å²) in [5, 5.41) is 3.13. The summed E-state index contributed by atoms with van der Waals surface area (Å²) in [6.07, 6.45) is 1.87. The third-order valence-corrected chi connectivity index (χ3v) is 3.28. The van der Waals surface area contributed by atoms with Gasteiger partial charge < -0.3 is 10.1 Å². The van der Waals surface area contributed by atoms with Crippen LogP contribution in [-0.4, -0.2) is 18.6 Å². The first kappa shape index (κ1) is 13.0. The summed E-state index contributed by atoms with van der Waals surface area (Å²) in [6.45, 7) is 2.96. The van der Waals surface area contributed by atoms with E-state index in [-0.39, 0.29) is 24.4 Å². The van der Waals surface area contributed by atoms with Crippen molar-refractivity contribution in [2.24, 2.45) is 5.92 Å². The summed E-state index contributed by atoms with van der Waals surface area (Å²) >= 11 is 0. The predicted molar refractivity (Wildman–Crippen MR) is 66.4 cm³/mol. The van der Waals surface area contributed by atoms with E-state index >= 15 is 0 Å². The first-order chi connectivity index (χ1) is 8.66. The Morgan fingerprint density at radius 2 is 2.28 bits per heavy atom. The molecule has 98 valence electrons. The van der Waals surface area contributed by atoms with Crippen LogP contribution in [0.4, 0.5) is 4.39 Å². The number of halogens is 1. The molecule has 0 aliphatic carbocycles. The molecular weight excluding hydrogens is 233 g/mol. The lowest BCUT2D eigenvalue weighted by atomic mass is 9.94. The molecule has 1 aliphatic heterocycles. The van der Waals surface area contributed by atoms with Crippen molar-refractivity contribution < 1.29 is 13.9 Å². The average Bonchev–Trinajstić information content (AvgIpc) is 2.37. The number of esters is 1. The third-order valence-electron chi connectivity index (χ3n) is 3.28. The maximum absolute atomic E-state index is 13.3. The van der Waals surface area contributed by atoms with Gasteiger partial charge in [-0.3, -0.25) is 4.79 Å². The molecule has 18 heavy (non-hydrogen) atoms. The van der Waals surface area contributed by atoms with Crippen molar-refractivity contribution in [1.82, 2.24) is 5.32 Å². The Morgan fingerprint density at radius 3 is 3.00 bits per heavy atom. The van der Waals surface area contributed by atoms with Crippen LogP contribution < -0.4 is 5.32 Å². The maximum Gasteiger partial charge on any atom is 0.323 e. The molecule has 1 fully saturated rings. The molecule has 1 saturated heterocycles. The van der Waals surface area contributed by atoms with Crippen molar-refractivity contribution in [2.45, 2.75) is 32.4 Å². The zero-order chi connectivity index (χ0) is 13.0. The Labute approximate surface area is 106 Å². The van der Waals surface area contributed by atoms with E-state index in [1.807, 2.05) is 0 Å². The van der Waals surface area contributed by atoms with Crippen molar-refractivity contribution in [1.29, 1.82) is 0 Å². The normalized spacial score (nSPS) is 23.7. The van der Waals surface area contributed by atoms with Crippen molar-refractivity contribution >= 4 is 5.97 Å². The highest BCUT2D eigenvalue weighted by molar-refractivity contribution is 5.75. The third kappa shape index (κ3) is 3.29. The molecule has 0 saturated carbocycles. The number of carbonyl (C=O) groups is 1. The monoisotopic (exact) mass is 251 g/mol. The molecular formula is C14H18FNO2. The van der Waals surface area contributed by atoms with Crippen molar-refractivity contribution in [3.63, 3.8) is 0 Å². The zero-order valence-corrected chi connectivity index (χ0v) is 10.5. The van der Waals surface area contributed by atoms with Gasteiger partial charge in [0.2, 0.25) is 0 Å². The summed E-state index contributed by atoms with van der Waals surface area (Å²) in [5.41, 5.74) is 0.412. The maximum atomic E-state index is 13.3. The minimum atomic E-state index is -0.338. The number of hydrogen-bond acceptors (Lipinski definition) is 3. The second-order valence-corrected chi connectivity index (χ2v) is 4.84. The molecule has 1 aromatic carbocycles. The zero-order valence-electron chi connectivity index (χ0n) is 10.5. The van der Waals surface area contributed by atoms with Crippen LogP contribution in [0.3, 0.4) is 0 Å².